The molecule has 2 nitrogen and oxygen atoms in total. The van der Waals surface area contributed by atoms with E-state index < -0.39 is 0 Å². The van der Waals surface area contributed by atoms with Crippen LogP contribution in [0, 0.1) is 11.8 Å². The minimum absolute atomic E-state index is 0.933. The number of nitrogens with zero attached hydrogens (tertiary/aromatic N) is 1. The number of rotatable bonds is 1. The van der Waals surface area contributed by atoms with Crippen LogP contribution >= 0.6 is 0 Å². The monoisotopic (exact) mass is 181 g/mol. The van der Waals surface area contributed by atoms with Gasteiger partial charge in [0.2, 0.25) is 0 Å². The Morgan fingerprint density at radius 1 is 1.00 bits per heavy atom. The van der Waals surface area contributed by atoms with Crippen LogP contribution in [0.5, 0.6) is 0 Å². The van der Waals surface area contributed by atoms with Crippen LogP contribution in [-0.2, 0) is 4.74 Å². The van der Waals surface area contributed by atoms with E-state index in [4.69, 9.17) is 4.74 Å². The molecule has 2 saturated carbocycles. The first kappa shape index (κ1) is 8.25. The molecular weight excluding hydrogens is 162 g/mol. The lowest BCUT2D eigenvalue weighted by molar-refractivity contribution is 0.00415. The van der Waals surface area contributed by atoms with Crippen molar-refractivity contribution in [2.75, 3.05) is 26.3 Å². The fraction of sp³-hybridized carbons (Fsp3) is 1.00. The largest absolute Gasteiger partial charge is 0.379 e. The summed E-state index contributed by atoms with van der Waals surface area (Å²) in [6, 6.07) is 0.933. The van der Waals surface area contributed by atoms with Gasteiger partial charge in [-0.15, -0.1) is 0 Å². The van der Waals surface area contributed by atoms with Crippen LogP contribution < -0.4 is 0 Å². The van der Waals surface area contributed by atoms with Crippen molar-refractivity contribution in [3.63, 3.8) is 0 Å². The van der Waals surface area contributed by atoms with E-state index in [-0.39, 0.29) is 0 Å². The molecule has 1 aliphatic heterocycles. The molecule has 13 heavy (non-hydrogen) atoms. The van der Waals surface area contributed by atoms with Crippen molar-refractivity contribution in [2.45, 2.75) is 31.7 Å². The van der Waals surface area contributed by atoms with Gasteiger partial charge in [-0.1, -0.05) is 6.42 Å². The molecule has 0 radical (unpaired) electrons. The van der Waals surface area contributed by atoms with E-state index in [2.05, 4.69) is 4.90 Å². The van der Waals surface area contributed by atoms with E-state index >= 15 is 0 Å². The summed E-state index contributed by atoms with van der Waals surface area (Å²) in [6.45, 7) is 4.31. The third kappa shape index (κ3) is 1.40. The smallest absolute Gasteiger partial charge is 0.0594 e. The Kier molecular flexibility index (Phi) is 2.06. The van der Waals surface area contributed by atoms with Crippen LogP contribution in [0.4, 0.5) is 0 Å². The van der Waals surface area contributed by atoms with Crippen molar-refractivity contribution in [1.82, 2.24) is 4.90 Å². The summed E-state index contributed by atoms with van der Waals surface area (Å²) < 4.78 is 5.40. The highest BCUT2D eigenvalue weighted by molar-refractivity contribution is 4.95. The molecule has 0 spiro atoms. The summed E-state index contributed by atoms with van der Waals surface area (Å²) in [5, 5.41) is 0. The summed E-state index contributed by atoms with van der Waals surface area (Å²) >= 11 is 0. The SMILES string of the molecule is C1CN([C@@H]2C[C@H]3CC[C@H]2C3)CCO1. The molecule has 2 heteroatoms. The molecule has 0 aromatic rings. The van der Waals surface area contributed by atoms with E-state index in [0.29, 0.717) is 0 Å². The summed E-state index contributed by atoms with van der Waals surface area (Å²) in [6.07, 6.45) is 6.05. The second-order valence-electron chi connectivity index (χ2n) is 4.89. The molecular formula is C11H19NO. The second kappa shape index (κ2) is 3.25. The highest BCUT2D eigenvalue weighted by Gasteiger charge is 2.42. The number of hydrogen-bond acceptors (Lipinski definition) is 2. The maximum absolute atomic E-state index is 5.40. The summed E-state index contributed by atoms with van der Waals surface area (Å²) in [5.74, 6) is 2.13. The number of fused-ring (bicyclic) bond motifs is 2. The maximum atomic E-state index is 5.40. The lowest BCUT2D eigenvalue weighted by Gasteiger charge is -2.36. The lowest BCUT2D eigenvalue weighted by atomic mass is 9.94. The molecule has 1 saturated heterocycles. The van der Waals surface area contributed by atoms with Gasteiger partial charge < -0.3 is 4.74 Å². The zero-order chi connectivity index (χ0) is 8.67. The topological polar surface area (TPSA) is 12.5 Å². The molecule has 0 aromatic carbocycles. The molecule has 0 amide bonds. The molecule has 74 valence electrons. The van der Waals surface area contributed by atoms with Gasteiger partial charge in [0, 0.05) is 19.1 Å². The van der Waals surface area contributed by atoms with E-state index in [1.54, 1.807) is 0 Å². The van der Waals surface area contributed by atoms with Gasteiger partial charge in [-0.3, -0.25) is 4.90 Å². The van der Waals surface area contributed by atoms with E-state index in [1.165, 1.54) is 38.8 Å². The van der Waals surface area contributed by atoms with Crippen molar-refractivity contribution in [3.8, 4) is 0 Å². The van der Waals surface area contributed by atoms with Gasteiger partial charge >= 0.3 is 0 Å². The third-order valence-corrected chi connectivity index (χ3v) is 4.22. The predicted molar refractivity (Wildman–Crippen MR) is 51.6 cm³/mol. The first-order chi connectivity index (χ1) is 6.43. The second-order valence-corrected chi connectivity index (χ2v) is 4.89. The van der Waals surface area contributed by atoms with Crippen molar-refractivity contribution < 1.29 is 4.74 Å². The molecule has 3 fully saturated rings. The first-order valence-electron chi connectivity index (χ1n) is 5.75. The van der Waals surface area contributed by atoms with Crippen LogP contribution in [0.25, 0.3) is 0 Å². The Morgan fingerprint density at radius 2 is 1.85 bits per heavy atom. The van der Waals surface area contributed by atoms with Gasteiger partial charge in [-0.2, -0.15) is 0 Å². The summed E-state index contributed by atoms with van der Waals surface area (Å²) in [7, 11) is 0. The Bertz CT molecular complexity index is 189. The van der Waals surface area contributed by atoms with Crippen LogP contribution in [0.3, 0.4) is 0 Å². The lowest BCUT2D eigenvalue weighted by Crippen LogP contribution is -2.45. The van der Waals surface area contributed by atoms with Crippen LogP contribution in [0.2, 0.25) is 0 Å². The van der Waals surface area contributed by atoms with Crippen LogP contribution in [0.1, 0.15) is 25.7 Å². The molecule has 3 aliphatic rings. The molecule has 2 aliphatic carbocycles. The van der Waals surface area contributed by atoms with Gasteiger partial charge in [-0.05, 0) is 31.1 Å². The summed E-state index contributed by atoms with van der Waals surface area (Å²) in [4.78, 5) is 2.69. The van der Waals surface area contributed by atoms with Gasteiger partial charge in [-0.25, -0.2) is 0 Å². The van der Waals surface area contributed by atoms with Crippen molar-refractivity contribution in [3.05, 3.63) is 0 Å². The van der Waals surface area contributed by atoms with Crippen molar-refractivity contribution >= 4 is 0 Å². The molecule has 2 bridgehead atoms. The zero-order valence-electron chi connectivity index (χ0n) is 8.24. The fourth-order valence-corrected chi connectivity index (χ4v) is 3.57. The highest BCUT2D eigenvalue weighted by Crippen LogP contribution is 2.46. The van der Waals surface area contributed by atoms with Crippen molar-refractivity contribution in [1.29, 1.82) is 0 Å². The predicted octanol–water partition coefficient (Wildman–Crippen LogP) is 1.51. The third-order valence-electron chi connectivity index (χ3n) is 4.22. The van der Waals surface area contributed by atoms with Crippen LogP contribution in [0.15, 0.2) is 0 Å². The Labute approximate surface area is 80.2 Å². The maximum Gasteiger partial charge on any atom is 0.0594 e. The van der Waals surface area contributed by atoms with Gasteiger partial charge in [0.05, 0.1) is 13.2 Å². The first-order valence-corrected chi connectivity index (χ1v) is 5.75. The van der Waals surface area contributed by atoms with Gasteiger partial charge in [0.25, 0.3) is 0 Å². The minimum Gasteiger partial charge on any atom is -0.379 e. The molecule has 1 heterocycles. The fourth-order valence-electron chi connectivity index (χ4n) is 3.57. The van der Waals surface area contributed by atoms with E-state index in [1.807, 2.05) is 0 Å². The quantitative estimate of drug-likeness (QED) is 0.608. The molecule has 0 N–H and O–H groups in total. The molecule has 3 atom stereocenters. The number of ether oxygens (including phenoxy) is 1. The van der Waals surface area contributed by atoms with Crippen LogP contribution in [-0.4, -0.2) is 37.2 Å². The molecule has 0 aromatic heterocycles. The summed E-state index contributed by atoms with van der Waals surface area (Å²) in [5.41, 5.74) is 0. The Balaban J connectivity index is 1.65. The van der Waals surface area contributed by atoms with E-state index in [0.717, 1.165) is 31.1 Å². The van der Waals surface area contributed by atoms with E-state index in [9.17, 15) is 0 Å². The van der Waals surface area contributed by atoms with Crippen molar-refractivity contribution in [2.24, 2.45) is 11.8 Å². The standard InChI is InChI=1S/C11H19NO/c1-2-10-7-9(1)8-11(10)12-3-5-13-6-4-12/h9-11H,1-8H2/t9-,10-,11+/m0/s1. The zero-order valence-corrected chi connectivity index (χ0v) is 8.24. The Hall–Kier alpha value is -0.0800. The molecule has 0 unspecified atom stereocenters. The average molecular weight is 181 g/mol. The van der Waals surface area contributed by atoms with Gasteiger partial charge in [0.15, 0.2) is 0 Å². The van der Waals surface area contributed by atoms with Gasteiger partial charge in [0.1, 0.15) is 0 Å². The average Bonchev–Trinajstić information content (AvgIpc) is 2.80. The minimum atomic E-state index is 0.933. The number of hydrogen-bond donors (Lipinski definition) is 0. The highest BCUT2D eigenvalue weighted by atomic mass is 16.5. The normalized spacial score (nSPS) is 45.7. The number of morpholine rings is 1. The molecule has 3 rings (SSSR count). The Morgan fingerprint density at radius 3 is 2.46 bits per heavy atom.